The molecule has 0 atom stereocenters. The molecule has 8 heteroatoms. The SMILES string of the molecule is CC(C)Cc1nc2sc3c(nc(NCCO)n4ncnc34)c2c2c1CCC2. The standard InChI is InChI=1S/C19H22N6OS/c1-10(2)8-13-11-4-3-5-12(11)14-15-16(27-18(14)23-13)17-21-9-22-25(17)19(24-15)20-6-7-26/h9-10,26H,3-8H2,1-2H3,(H,20,24). The van der Waals surface area contributed by atoms with Crippen molar-refractivity contribution in [3.63, 3.8) is 0 Å². The second-order valence-electron chi connectivity index (χ2n) is 7.51. The maximum atomic E-state index is 9.18. The summed E-state index contributed by atoms with van der Waals surface area (Å²) >= 11 is 1.66. The molecule has 140 valence electrons. The van der Waals surface area contributed by atoms with Crippen molar-refractivity contribution in [2.75, 3.05) is 18.5 Å². The fraction of sp³-hybridized carbons (Fsp3) is 0.474. The Kier molecular flexibility index (Phi) is 3.98. The molecule has 1 aliphatic rings. The highest BCUT2D eigenvalue weighted by molar-refractivity contribution is 7.26. The second kappa shape index (κ2) is 6.38. The third kappa shape index (κ3) is 2.58. The van der Waals surface area contributed by atoms with Gasteiger partial charge in [0.25, 0.3) is 0 Å². The number of rotatable bonds is 5. The minimum atomic E-state index is 0.0375. The van der Waals surface area contributed by atoms with E-state index in [-0.39, 0.29) is 6.61 Å². The van der Waals surface area contributed by atoms with Crippen LogP contribution in [0.15, 0.2) is 6.33 Å². The third-order valence-electron chi connectivity index (χ3n) is 5.13. The van der Waals surface area contributed by atoms with Gasteiger partial charge in [0.05, 0.1) is 12.1 Å². The van der Waals surface area contributed by atoms with Crippen LogP contribution in [0, 0.1) is 5.92 Å². The van der Waals surface area contributed by atoms with E-state index in [1.54, 1.807) is 22.2 Å². The molecule has 2 N–H and O–H groups in total. The molecule has 0 unspecified atom stereocenters. The zero-order chi connectivity index (χ0) is 18.5. The summed E-state index contributed by atoms with van der Waals surface area (Å²) in [5.74, 6) is 1.20. The average Bonchev–Trinajstić information content (AvgIpc) is 3.35. The van der Waals surface area contributed by atoms with Crippen molar-refractivity contribution in [2.24, 2.45) is 5.92 Å². The van der Waals surface area contributed by atoms with Gasteiger partial charge in [-0.05, 0) is 42.7 Å². The molecule has 0 saturated carbocycles. The van der Waals surface area contributed by atoms with E-state index in [4.69, 9.17) is 9.97 Å². The quantitative estimate of drug-likeness (QED) is 0.552. The molecular weight excluding hydrogens is 360 g/mol. The number of aromatic nitrogens is 5. The predicted octanol–water partition coefficient (Wildman–Crippen LogP) is 2.98. The van der Waals surface area contributed by atoms with Crippen LogP contribution in [0.1, 0.15) is 37.1 Å². The minimum absolute atomic E-state index is 0.0375. The van der Waals surface area contributed by atoms with E-state index in [0.29, 0.717) is 18.4 Å². The van der Waals surface area contributed by atoms with E-state index in [2.05, 4.69) is 29.2 Å². The van der Waals surface area contributed by atoms with Crippen LogP contribution in [-0.2, 0) is 19.3 Å². The van der Waals surface area contributed by atoms with E-state index in [1.165, 1.54) is 28.6 Å². The van der Waals surface area contributed by atoms with Crippen LogP contribution >= 0.6 is 11.3 Å². The molecule has 1 aliphatic carbocycles. The highest BCUT2D eigenvalue weighted by Crippen LogP contribution is 2.41. The van der Waals surface area contributed by atoms with Crippen molar-refractivity contribution in [3.8, 4) is 0 Å². The lowest BCUT2D eigenvalue weighted by atomic mass is 9.99. The highest BCUT2D eigenvalue weighted by Gasteiger charge is 2.25. The first-order chi connectivity index (χ1) is 13.2. The topological polar surface area (TPSA) is 88.2 Å². The van der Waals surface area contributed by atoms with E-state index < -0.39 is 0 Å². The molecule has 4 heterocycles. The van der Waals surface area contributed by atoms with Crippen molar-refractivity contribution < 1.29 is 5.11 Å². The largest absolute Gasteiger partial charge is 0.395 e. The van der Waals surface area contributed by atoms with Crippen LogP contribution in [0.5, 0.6) is 0 Å². The number of aliphatic hydroxyl groups excluding tert-OH is 1. The molecule has 0 radical (unpaired) electrons. The van der Waals surface area contributed by atoms with Gasteiger partial charge in [-0.25, -0.2) is 15.0 Å². The van der Waals surface area contributed by atoms with Crippen molar-refractivity contribution in [3.05, 3.63) is 23.1 Å². The van der Waals surface area contributed by atoms with Gasteiger partial charge < -0.3 is 10.4 Å². The van der Waals surface area contributed by atoms with Gasteiger partial charge in [0, 0.05) is 17.6 Å². The van der Waals surface area contributed by atoms with E-state index in [1.807, 2.05) is 0 Å². The monoisotopic (exact) mass is 382 g/mol. The van der Waals surface area contributed by atoms with E-state index >= 15 is 0 Å². The van der Waals surface area contributed by atoms with Crippen LogP contribution in [-0.4, -0.2) is 42.8 Å². The summed E-state index contributed by atoms with van der Waals surface area (Å²) in [5, 5.41) is 17.8. The average molecular weight is 382 g/mol. The Morgan fingerprint density at radius 2 is 2.11 bits per heavy atom. The highest BCUT2D eigenvalue weighted by atomic mass is 32.1. The molecule has 0 fully saturated rings. The van der Waals surface area contributed by atoms with Crippen molar-refractivity contribution in [2.45, 2.75) is 39.5 Å². The Morgan fingerprint density at radius 1 is 1.26 bits per heavy atom. The maximum absolute atomic E-state index is 9.18. The van der Waals surface area contributed by atoms with Gasteiger partial charge in [0.1, 0.15) is 15.9 Å². The molecule has 4 aromatic rings. The van der Waals surface area contributed by atoms with Crippen LogP contribution in [0.4, 0.5) is 5.95 Å². The Bertz CT molecular complexity index is 1160. The summed E-state index contributed by atoms with van der Waals surface area (Å²) in [5.41, 5.74) is 5.86. The summed E-state index contributed by atoms with van der Waals surface area (Å²) in [6, 6.07) is 0. The van der Waals surface area contributed by atoms with Crippen molar-refractivity contribution in [1.29, 1.82) is 0 Å². The second-order valence-corrected chi connectivity index (χ2v) is 8.51. The van der Waals surface area contributed by atoms with Gasteiger partial charge in [-0.3, -0.25) is 0 Å². The van der Waals surface area contributed by atoms with Crippen LogP contribution in [0.2, 0.25) is 0 Å². The van der Waals surface area contributed by atoms with Gasteiger partial charge >= 0.3 is 0 Å². The van der Waals surface area contributed by atoms with Crippen molar-refractivity contribution >= 4 is 43.4 Å². The molecule has 0 amide bonds. The number of aryl methyl sites for hydroxylation is 1. The zero-order valence-electron chi connectivity index (χ0n) is 15.5. The Morgan fingerprint density at radius 3 is 2.93 bits per heavy atom. The molecule has 0 bridgehead atoms. The number of anilines is 1. The van der Waals surface area contributed by atoms with Gasteiger partial charge in [-0.15, -0.1) is 11.3 Å². The van der Waals surface area contributed by atoms with E-state index in [9.17, 15) is 5.11 Å². The molecule has 7 nitrogen and oxygen atoms in total. The van der Waals surface area contributed by atoms with Gasteiger partial charge in [0.15, 0.2) is 5.65 Å². The first-order valence-electron chi connectivity index (χ1n) is 9.48. The number of nitrogens with zero attached hydrogens (tertiary/aromatic N) is 5. The minimum Gasteiger partial charge on any atom is -0.395 e. The number of pyridine rings is 1. The molecule has 0 aromatic carbocycles. The normalized spacial score (nSPS) is 14.1. The first kappa shape index (κ1) is 16.8. The van der Waals surface area contributed by atoms with Crippen molar-refractivity contribution in [1.82, 2.24) is 24.6 Å². The smallest absolute Gasteiger partial charge is 0.226 e. The summed E-state index contributed by atoms with van der Waals surface area (Å²) in [7, 11) is 0. The predicted molar refractivity (Wildman–Crippen MR) is 108 cm³/mol. The summed E-state index contributed by atoms with van der Waals surface area (Å²) < 4.78 is 2.74. The number of thiophene rings is 1. The molecule has 5 rings (SSSR count). The Balaban J connectivity index is 1.83. The lowest BCUT2D eigenvalue weighted by Crippen LogP contribution is -2.11. The molecule has 0 saturated heterocycles. The lowest BCUT2D eigenvalue weighted by Gasteiger charge is -2.11. The zero-order valence-corrected chi connectivity index (χ0v) is 16.3. The van der Waals surface area contributed by atoms with Gasteiger partial charge in [-0.1, -0.05) is 13.8 Å². The van der Waals surface area contributed by atoms with E-state index in [0.717, 1.165) is 40.0 Å². The Labute approximate surface area is 160 Å². The first-order valence-corrected chi connectivity index (χ1v) is 10.3. The third-order valence-corrected chi connectivity index (χ3v) is 6.20. The van der Waals surface area contributed by atoms with Crippen LogP contribution in [0.3, 0.4) is 0 Å². The Hall–Kier alpha value is -2.32. The van der Waals surface area contributed by atoms with Gasteiger partial charge in [-0.2, -0.15) is 9.61 Å². The number of fused-ring (bicyclic) bond motifs is 7. The molecule has 0 spiro atoms. The number of nitrogens with one attached hydrogen (secondary N) is 1. The molecule has 27 heavy (non-hydrogen) atoms. The van der Waals surface area contributed by atoms with Crippen LogP contribution < -0.4 is 5.32 Å². The fourth-order valence-electron chi connectivity index (χ4n) is 4.09. The molecular formula is C19H22N6OS. The fourth-order valence-corrected chi connectivity index (χ4v) is 5.24. The summed E-state index contributed by atoms with van der Waals surface area (Å²) in [6.07, 6.45) is 5.95. The van der Waals surface area contributed by atoms with Gasteiger partial charge in [0.2, 0.25) is 5.95 Å². The lowest BCUT2D eigenvalue weighted by molar-refractivity contribution is 0.310. The number of aliphatic hydroxyl groups is 1. The number of hydrogen-bond donors (Lipinski definition) is 2. The summed E-state index contributed by atoms with van der Waals surface area (Å²) in [6.45, 7) is 4.96. The maximum Gasteiger partial charge on any atom is 0.226 e. The summed E-state index contributed by atoms with van der Waals surface area (Å²) in [4.78, 5) is 15.5. The number of hydrogen-bond acceptors (Lipinski definition) is 7. The van der Waals surface area contributed by atoms with Crippen LogP contribution in [0.25, 0.3) is 26.1 Å². The molecule has 4 aromatic heterocycles. The molecule has 0 aliphatic heterocycles.